The minimum absolute atomic E-state index is 0.0131. The van der Waals surface area contributed by atoms with E-state index >= 15 is 0 Å². The molecule has 0 atom stereocenters. The van der Waals surface area contributed by atoms with Crippen LogP contribution in [0.25, 0.3) is 22.6 Å². The minimum Gasteiger partial charge on any atom is -0.473 e. The molecule has 200 valence electrons. The fraction of sp³-hybridized carbons (Fsp3) is 0.167. The van der Waals surface area contributed by atoms with Crippen molar-refractivity contribution in [1.29, 1.82) is 5.26 Å². The number of nitrogens with one attached hydrogen (secondary N) is 2. The number of ether oxygens (including phenoxy) is 1. The Kier molecular flexibility index (Phi) is 8.36. The summed E-state index contributed by atoms with van der Waals surface area (Å²) < 4.78 is 11.9. The van der Waals surface area contributed by atoms with E-state index in [0.29, 0.717) is 41.8 Å². The number of nitrogens with zero attached hydrogens (tertiary/aromatic N) is 5. The number of hydrogen-bond donors (Lipinski definition) is 3. The van der Waals surface area contributed by atoms with E-state index in [0.717, 1.165) is 27.8 Å². The summed E-state index contributed by atoms with van der Waals surface area (Å²) in [6, 6.07) is 23.7. The third-order valence-corrected chi connectivity index (χ3v) is 6.09. The number of aliphatic hydroxyl groups is 1. The van der Waals surface area contributed by atoms with Gasteiger partial charge in [-0.05, 0) is 41.8 Å². The summed E-state index contributed by atoms with van der Waals surface area (Å²) in [7, 11) is 0. The predicted octanol–water partition coefficient (Wildman–Crippen LogP) is 4.78. The molecule has 0 unspecified atom stereocenters. The van der Waals surface area contributed by atoms with Gasteiger partial charge in [-0.2, -0.15) is 5.26 Å². The van der Waals surface area contributed by atoms with Crippen LogP contribution < -0.4 is 15.4 Å². The second-order valence-electron chi connectivity index (χ2n) is 8.95. The highest BCUT2D eigenvalue weighted by atomic mass is 16.5. The Hall–Kier alpha value is -5.11. The average molecular weight is 534 g/mol. The largest absolute Gasteiger partial charge is 0.473 e. The molecule has 2 aromatic carbocycles. The molecule has 0 radical (unpaired) electrons. The van der Waals surface area contributed by atoms with Gasteiger partial charge in [-0.15, -0.1) is 5.10 Å². The second kappa shape index (κ2) is 12.6. The molecule has 0 saturated heterocycles. The monoisotopic (exact) mass is 533 g/mol. The molecule has 0 aliphatic rings. The third kappa shape index (κ3) is 6.47. The van der Waals surface area contributed by atoms with Gasteiger partial charge in [-0.25, -0.2) is 4.98 Å². The van der Waals surface area contributed by atoms with E-state index in [1.807, 2.05) is 43.3 Å². The first-order valence-corrected chi connectivity index (χ1v) is 12.7. The molecular formula is C30H27N7O3. The highest BCUT2D eigenvalue weighted by Gasteiger charge is 2.15. The van der Waals surface area contributed by atoms with E-state index in [2.05, 4.69) is 55.1 Å². The van der Waals surface area contributed by atoms with Crippen molar-refractivity contribution in [3.8, 4) is 34.5 Å². The van der Waals surface area contributed by atoms with Crippen LogP contribution in [0.5, 0.6) is 5.88 Å². The van der Waals surface area contributed by atoms with Crippen LogP contribution in [-0.2, 0) is 13.2 Å². The summed E-state index contributed by atoms with van der Waals surface area (Å²) in [4.78, 5) is 8.62. The van der Waals surface area contributed by atoms with Gasteiger partial charge >= 0.3 is 6.01 Å². The zero-order valence-electron chi connectivity index (χ0n) is 21.8. The Morgan fingerprint density at radius 2 is 1.85 bits per heavy atom. The number of benzene rings is 2. The summed E-state index contributed by atoms with van der Waals surface area (Å²) in [6.07, 6.45) is 3.14. The highest BCUT2D eigenvalue weighted by Crippen LogP contribution is 2.32. The summed E-state index contributed by atoms with van der Waals surface area (Å²) in [5, 5.41) is 33.0. The van der Waals surface area contributed by atoms with Crippen molar-refractivity contribution in [2.24, 2.45) is 0 Å². The zero-order chi connectivity index (χ0) is 27.7. The number of pyridine rings is 2. The maximum atomic E-state index is 9.12. The Labute approximate surface area is 231 Å². The van der Waals surface area contributed by atoms with E-state index < -0.39 is 0 Å². The zero-order valence-corrected chi connectivity index (χ0v) is 21.8. The van der Waals surface area contributed by atoms with Crippen molar-refractivity contribution in [2.45, 2.75) is 20.1 Å². The Morgan fingerprint density at radius 3 is 2.67 bits per heavy atom. The lowest BCUT2D eigenvalue weighted by molar-refractivity contribution is 0.288. The molecule has 5 rings (SSSR count). The van der Waals surface area contributed by atoms with E-state index in [1.165, 1.54) is 6.20 Å². The maximum Gasteiger partial charge on any atom is 0.320 e. The quantitative estimate of drug-likeness (QED) is 0.203. The van der Waals surface area contributed by atoms with Crippen LogP contribution in [0.3, 0.4) is 0 Å². The van der Waals surface area contributed by atoms with Crippen molar-refractivity contribution < 1.29 is 14.3 Å². The first-order valence-electron chi connectivity index (χ1n) is 12.7. The summed E-state index contributed by atoms with van der Waals surface area (Å²) >= 11 is 0. The molecule has 0 fully saturated rings. The first kappa shape index (κ1) is 26.5. The Morgan fingerprint density at radius 1 is 1.00 bits per heavy atom. The van der Waals surface area contributed by atoms with Gasteiger partial charge < -0.3 is 24.9 Å². The fourth-order valence-electron chi connectivity index (χ4n) is 4.18. The molecule has 3 heterocycles. The van der Waals surface area contributed by atoms with Gasteiger partial charge in [0.2, 0.25) is 11.8 Å². The highest BCUT2D eigenvalue weighted by molar-refractivity contribution is 5.75. The van der Waals surface area contributed by atoms with Crippen LogP contribution in [0.4, 0.5) is 11.7 Å². The average Bonchev–Trinajstić information content (AvgIpc) is 3.45. The van der Waals surface area contributed by atoms with Gasteiger partial charge in [0, 0.05) is 48.4 Å². The summed E-state index contributed by atoms with van der Waals surface area (Å²) in [6.45, 7) is 3.08. The van der Waals surface area contributed by atoms with Crippen LogP contribution in [-0.4, -0.2) is 38.4 Å². The van der Waals surface area contributed by atoms with Crippen LogP contribution in [0.15, 0.2) is 83.5 Å². The van der Waals surface area contributed by atoms with Gasteiger partial charge in [0.15, 0.2) is 0 Å². The van der Waals surface area contributed by atoms with Crippen molar-refractivity contribution in [3.63, 3.8) is 0 Å². The molecule has 0 spiro atoms. The minimum atomic E-state index is 0.0131. The first-order chi connectivity index (χ1) is 19.6. The lowest BCUT2D eigenvalue weighted by atomic mass is 9.96. The molecule has 3 N–H and O–H groups in total. The lowest BCUT2D eigenvalue weighted by Crippen LogP contribution is -2.18. The fourth-order valence-corrected chi connectivity index (χ4v) is 4.18. The normalized spacial score (nSPS) is 10.7. The topological polar surface area (TPSA) is 142 Å². The molecule has 40 heavy (non-hydrogen) atoms. The smallest absolute Gasteiger partial charge is 0.320 e. The van der Waals surface area contributed by atoms with Crippen LogP contribution in [0.2, 0.25) is 0 Å². The van der Waals surface area contributed by atoms with E-state index in [9.17, 15) is 0 Å². The SMILES string of the molecule is Cc1c(-c2ccccc2)cccc1-c1nnc(Nc2cc(CNCCO)nc(OCc3cncc(C#N)c3)c2)o1. The maximum absolute atomic E-state index is 9.12. The third-order valence-electron chi connectivity index (χ3n) is 6.09. The molecule has 5 aromatic rings. The van der Waals surface area contributed by atoms with Crippen LogP contribution >= 0.6 is 0 Å². The molecule has 0 saturated carbocycles. The standard InChI is InChI=1S/C30H27N7O3/c1-20-26(23-6-3-2-4-7-23)8-5-9-27(20)29-36-37-30(40-29)35-24-13-25(18-32-10-11-38)34-28(14-24)39-19-22-12-21(15-31)16-33-17-22/h2-9,12-14,16-17,32,38H,10-11,18-19H2,1H3,(H,34,35,37). The summed E-state index contributed by atoms with van der Waals surface area (Å²) in [5.41, 5.74) is 6.62. The van der Waals surface area contributed by atoms with Crippen LogP contribution in [0.1, 0.15) is 22.4 Å². The second-order valence-corrected chi connectivity index (χ2v) is 8.95. The van der Waals surface area contributed by atoms with E-state index in [1.54, 1.807) is 18.3 Å². The van der Waals surface area contributed by atoms with Gasteiger partial charge in [-0.3, -0.25) is 4.98 Å². The number of rotatable bonds is 11. The Balaban J connectivity index is 1.37. The lowest BCUT2D eigenvalue weighted by Gasteiger charge is -2.11. The molecule has 0 aliphatic carbocycles. The van der Waals surface area contributed by atoms with Crippen molar-refractivity contribution in [1.82, 2.24) is 25.5 Å². The van der Waals surface area contributed by atoms with Gasteiger partial charge in [-0.1, -0.05) is 47.6 Å². The van der Waals surface area contributed by atoms with Gasteiger partial charge in [0.1, 0.15) is 12.7 Å². The predicted molar refractivity (Wildman–Crippen MR) is 150 cm³/mol. The number of hydrogen-bond acceptors (Lipinski definition) is 10. The molecule has 0 bridgehead atoms. The molecule has 10 nitrogen and oxygen atoms in total. The molecule has 0 amide bonds. The van der Waals surface area contributed by atoms with Crippen LogP contribution in [0, 0.1) is 18.3 Å². The molecule has 10 heteroatoms. The molecular weight excluding hydrogens is 506 g/mol. The number of anilines is 2. The number of aliphatic hydroxyl groups excluding tert-OH is 1. The van der Waals surface area contributed by atoms with Crippen molar-refractivity contribution >= 4 is 11.7 Å². The van der Waals surface area contributed by atoms with Gasteiger partial charge in [0.05, 0.1) is 17.9 Å². The van der Waals surface area contributed by atoms with Crippen molar-refractivity contribution in [3.05, 3.63) is 102 Å². The van der Waals surface area contributed by atoms with E-state index in [-0.39, 0.29) is 19.2 Å². The number of nitriles is 1. The van der Waals surface area contributed by atoms with Gasteiger partial charge in [0.25, 0.3) is 0 Å². The van der Waals surface area contributed by atoms with Crippen molar-refractivity contribution in [2.75, 3.05) is 18.5 Å². The molecule has 0 aliphatic heterocycles. The van der Waals surface area contributed by atoms with E-state index in [4.69, 9.17) is 19.5 Å². The number of aromatic nitrogens is 4. The summed E-state index contributed by atoms with van der Waals surface area (Å²) in [5.74, 6) is 0.761. The molecule has 3 aromatic heterocycles. The Bertz CT molecular complexity index is 1630.